The summed E-state index contributed by atoms with van der Waals surface area (Å²) in [6.07, 6.45) is 0.778. The highest BCUT2D eigenvalue weighted by Crippen LogP contribution is 2.32. The average Bonchev–Trinajstić information content (AvgIpc) is 3.50. The summed E-state index contributed by atoms with van der Waals surface area (Å²) in [5.41, 5.74) is 0.351. The number of pyridine rings is 2. The normalized spacial score (nSPS) is 12.8. The topological polar surface area (TPSA) is 103 Å². The summed E-state index contributed by atoms with van der Waals surface area (Å²) in [5, 5.41) is 6.42. The molecule has 0 saturated carbocycles. The van der Waals surface area contributed by atoms with Crippen LogP contribution in [0.25, 0.3) is 5.57 Å². The first-order valence-corrected chi connectivity index (χ1v) is 11.0. The van der Waals surface area contributed by atoms with Crippen LogP contribution < -0.4 is 10.9 Å². The van der Waals surface area contributed by atoms with Gasteiger partial charge in [0, 0.05) is 30.0 Å². The minimum atomic E-state index is -4.83. The highest BCUT2D eigenvalue weighted by Gasteiger charge is 2.34. The number of fused-ring (bicyclic) bond motifs is 1. The van der Waals surface area contributed by atoms with Gasteiger partial charge < -0.3 is 14.4 Å². The maximum atomic E-state index is 13.9. The summed E-state index contributed by atoms with van der Waals surface area (Å²) in [6, 6.07) is 8.83. The zero-order valence-electron chi connectivity index (χ0n) is 18.9. The minimum absolute atomic E-state index is 0.117. The first kappa shape index (κ1) is 24.1. The highest BCUT2D eigenvalue weighted by molar-refractivity contribution is 5.93. The molecule has 0 saturated heterocycles. The molecule has 0 unspecified atom stereocenters. The first-order chi connectivity index (χ1) is 17.7. The lowest BCUT2D eigenvalue weighted by molar-refractivity contribution is -0.140. The molecule has 0 spiro atoms. The molecule has 37 heavy (non-hydrogen) atoms. The van der Waals surface area contributed by atoms with Crippen molar-refractivity contribution in [2.75, 3.05) is 0 Å². The van der Waals surface area contributed by atoms with E-state index in [9.17, 15) is 27.2 Å². The van der Waals surface area contributed by atoms with E-state index in [1.807, 2.05) is 12.1 Å². The molecular weight excluding hydrogens is 494 g/mol. The van der Waals surface area contributed by atoms with Gasteiger partial charge in [-0.3, -0.25) is 14.6 Å². The molecule has 0 fully saturated rings. The Morgan fingerprint density at radius 2 is 2.00 bits per heavy atom. The van der Waals surface area contributed by atoms with Gasteiger partial charge in [-0.1, -0.05) is 23.4 Å². The summed E-state index contributed by atoms with van der Waals surface area (Å²) in [6.45, 7) is -0.345. The van der Waals surface area contributed by atoms with Crippen LogP contribution in [0.4, 0.5) is 17.6 Å². The molecule has 1 aliphatic carbocycles. The van der Waals surface area contributed by atoms with Gasteiger partial charge >= 0.3 is 6.18 Å². The Bertz CT molecular complexity index is 1590. The van der Waals surface area contributed by atoms with Crippen molar-refractivity contribution in [1.82, 2.24) is 25.0 Å². The van der Waals surface area contributed by atoms with Crippen LogP contribution in [0.15, 0.2) is 70.3 Å². The van der Waals surface area contributed by atoms with E-state index in [1.165, 1.54) is 18.3 Å². The number of aromatic nitrogens is 4. The van der Waals surface area contributed by atoms with E-state index in [1.54, 1.807) is 12.3 Å². The monoisotopic (exact) mass is 511 g/mol. The molecule has 0 radical (unpaired) electrons. The fourth-order valence-corrected chi connectivity index (χ4v) is 3.96. The Balaban J connectivity index is 1.27. The second-order valence-corrected chi connectivity index (χ2v) is 8.18. The zero-order valence-corrected chi connectivity index (χ0v) is 18.9. The van der Waals surface area contributed by atoms with Crippen molar-refractivity contribution < 1.29 is 26.9 Å². The minimum Gasteiger partial charge on any atom is -0.344 e. The molecule has 0 bridgehead atoms. The molecule has 8 nitrogen and oxygen atoms in total. The second kappa shape index (κ2) is 9.45. The number of hydrogen-bond donors (Lipinski definition) is 1. The lowest BCUT2D eigenvalue weighted by Crippen LogP contribution is -2.32. The van der Waals surface area contributed by atoms with Gasteiger partial charge in [0.1, 0.15) is 11.4 Å². The highest BCUT2D eigenvalue weighted by atomic mass is 19.4. The van der Waals surface area contributed by atoms with Crippen molar-refractivity contribution in [1.29, 1.82) is 0 Å². The number of alkyl halides is 3. The van der Waals surface area contributed by atoms with Crippen LogP contribution in [0.2, 0.25) is 0 Å². The first-order valence-electron chi connectivity index (χ1n) is 11.0. The predicted molar refractivity (Wildman–Crippen MR) is 122 cm³/mol. The number of carbonyl (C=O) groups excluding carboxylic acids is 1. The summed E-state index contributed by atoms with van der Waals surface area (Å²) in [5.74, 6) is -1.68. The van der Waals surface area contributed by atoms with Gasteiger partial charge in [-0.15, -0.1) is 0 Å². The third-order valence-electron chi connectivity index (χ3n) is 5.74. The van der Waals surface area contributed by atoms with Crippen molar-refractivity contribution >= 4 is 11.5 Å². The molecule has 1 N–H and O–H groups in total. The summed E-state index contributed by atoms with van der Waals surface area (Å²) in [4.78, 5) is 34.1. The van der Waals surface area contributed by atoms with E-state index in [4.69, 9.17) is 4.52 Å². The Hall–Kier alpha value is -4.61. The van der Waals surface area contributed by atoms with Gasteiger partial charge in [-0.05, 0) is 35.9 Å². The van der Waals surface area contributed by atoms with Gasteiger partial charge in [-0.25, -0.2) is 4.39 Å². The van der Waals surface area contributed by atoms with Crippen LogP contribution in [0, 0.1) is 5.82 Å². The van der Waals surface area contributed by atoms with E-state index < -0.39 is 29.0 Å². The van der Waals surface area contributed by atoms with Crippen LogP contribution in [0.5, 0.6) is 0 Å². The predicted octanol–water partition coefficient (Wildman–Crippen LogP) is 3.75. The van der Waals surface area contributed by atoms with E-state index in [0.717, 1.165) is 27.5 Å². The van der Waals surface area contributed by atoms with Gasteiger partial charge in [0.2, 0.25) is 0 Å². The molecule has 5 rings (SSSR count). The number of allylic oxidation sites excluding steroid dienone is 1. The lowest BCUT2D eigenvalue weighted by Gasteiger charge is -2.11. The van der Waals surface area contributed by atoms with E-state index >= 15 is 0 Å². The maximum absolute atomic E-state index is 13.9. The van der Waals surface area contributed by atoms with Crippen LogP contribution in [-0.2, 0) is 25.7 Å². The SMILES string of the molecule is O=C(NCc1noc(C2=CCc3ncccc32)n1)c1cccn(Cc2ccc(C(F)(F)F)c(F)c2)c1=O. The van der Waals surface area contributed by atoms with Crippen molar-refractivity contribution in [3.63, 3.8) is 0 Å². The van der Waals surface area contributed by atoms with Crippen LogP contribution in [-0.4, -0.2) is 25.6 Å². The van der Waals surface area contributed by atoms with Crippen LogP contribution in [0.3, 0.4) is 0 Å². The van der Waals surface area contributed by atoms with Crippen LogP contribution in [0.1, 0.15) is 44.5 Å². The molecule has 1 aromatic carbocycles. The number of carbonyl (C=O) groups is 1. The molecule has 0 aliphatic heterocycles. The number of nitrogens with zero attached hydrogens (tertiary/aromatic N) is 4. The number of halogens is 4. The zero-order chi connectivity index (χ0) is 26.2. The van der Waals surface area contributed by atoms with Crippen molar-refractivity contribution in [3.05, 3.63) is 117 Å². The van der Waals surface area contributed by atoms with E-state index in [2.05, 4.69) is 20.4 Å². The Kier molecular flexibility index (Phi) is 6.15. The molecule has 188 valence electrons. The van der Waals surface area contributed by atoms with Crippen molar-refractivity contribution in [2.24, 2.45) is 0 Å². The molecule has 1 aliphatic rings. The number of amides is 1. The van der Waals surface area contributed by atoms with E-state index in [0.29, 0.717) is 18.6 Å². The van der Waals surface area contributed by atoms with Crippen molar-refractivity contribution in [3.8, 4) is 0 Å². The van der Waals surface area contributed by atoms with Gasteiger partial charge in [0.05, 0.1) is 24.3 Å². The second-order valence-electron chi connectivity index (χ2n) is 8.18. The number of benzene rings is 1. The molecule has 3 heterocycles. The van der Waals surface area contributed by atoms with Gasteiger partial charge in [-0.2, -0.15) is 18.2 Å². The fourth-order valence-electron chi connectivity index (χ4n) is 3.96. The number of rotatable bonds is 6. The van der Waals surface area contributed by atoms with Gasteiger partial charge in [0.25, 0.3) is 17.4 Å². The third-order valence-corrected chi connectivity index (χ3v) is 5.74. The standard InChI is InChI=1S/C25H17F4N5O3/c26-19-11-14(5-7-18(19)25(27,28)29)13-34-10-2-4-17(24(34)36)22(35)31-12-21-32-23(37-33-21)16-6-8-20-15(16)3-1-9-30-20/h1-7,9-11H,8,12-13H2,(H,31,35). The summed E-state index contributed by atoms with van der Waals surface area (Å²) < 4.78 is 58.7. The summed E-state index contributed by atoms with van der Waals surface area (Å²) in [7, 11) is 0. The number of nitrogens with one attached hydrogen (secondary N) is 1. The molecule has 3 aromatic heterocycles. The third kappa shape index (κ3) is 4.90. The molecular formula is C25H17F4N5O3. The quantitative estimate of drug-likeness (QED) is 0.396. The number of hydrogen-bond acceptors (Lipinski definition) is 6. The maximum Gasteiger partial charge on any atom is 0.419 e. The summed E-state index contributed by atoms with van der Waals surface area (Å²) >= 11 is 0. The molecule has 4 aromatic rings. The average molecular weight is 511 g/mol. The van der Waals surface area contributed by atoms with Crippen LogP contribution >= 0.6 is 0 Å². The lowest BCUT2D eigenvalue weighted by atomic mass is 10.1. The Labute approximate surface area is 206 Å². The molecule has 12 heteroatoms. The van der Waals surface area contributed by atoms with Crippen molar-refractivity contribution in [2.45, 2.75) is 25.7 Å². The Morgan fingerprint density at radius 1 is 1.16 bits per heavy atom. The Morgan fingerprint density at radius 3 is 2.78 bits per heavy atom. The fraction of sp³-hybridized carbons (Fsp3) is 0.160. The molecule has 0 atom stereocenters. The van der Waals surface area contributed by atoms with E-state index in [-0.39, 0.29) is 35.9 Å². The smallest absolute Gasteiger partial charge is 0.344 e. The van der Waals surface area contributed by atoms with Gasteiger partial charge in [0.15, 0.2) is 5.82 Å². The molecule has 1 amide bonds. The largest absolute Gasteiger partial charge is 0.419 e.